The summed E-state index contributed by atoms with van der Waals surface area (Å²) in [4.78, 5) is 9.14. The van der Waals surface area contributed by atoms with Gasteiger partial charge < -0.3 is 14.2 Å². The maximum atomic E-state index is 5.49. The van der Waals surface area contributed by atoms with E-state index in [4.69, 9.17) is 9.26 Å². The second-order valence-corrected chi connectivity index (χ2v) is 7.62. The smallest absolute Gasteiger partial charge is 0.229 e. The van der Waals surface area contributed by atoms with Crippen molar-refractivity contribution in [1.82, 2.24) is 34.9 Å². The highest BCUT2D eigenvalue weighted by Crippen LogP contribution is 2.26. The minimum Gasteiger partial charge on any atom is -0.381 e. The second-order valence-electron chi connectivity index (χ2n) is 7.62. The zero-order chi connectivity index (χ0) is 19.1. The molecule has 2 fully saturated rings. The first-order valence-corrected chi connectivity index (χ1v) is 9.72. The summed E-state index contributed by atoms with van der Waals surface area (Å²) < 4.78 is 12.7. The van der Waals surface area contributed by atoms with E-state index in [0.717, 1.165) is 68.1 Å². The van der Waals surface area contributed by atoms with E-state index in [9.17, 15) is 0 Å². The van der Waals surface area contributed by atoms with Crippen LogP contribution in [0, 0.1) is 6.92 Å². The van der Waals surface area contributed by atoms with E-state index < -0.39 is 0 Å². The number of nitrogens with zero attached hydrogens (tertiary/aromatic N) is 8. The van der Waals surface area contributed by atoms with Crippen LogP contribution >= 0.6 is 0 Å². The Morgan fingerprint density at radius 3 is 2.82 bits per heavy atom. The molecule has 3 aromatic heterocycles. The number of ether oxygens (including phenoxy) is 1. The minimum absolute atomic E-state index is 0.335. The molecule has 28 heavy (non-hydrogen) atoms. The van der Waals surface area contributed by atoms with E-state index in [2.05, 4.69) is 42.3 Å². The van der Waals surface area contributed by atoms with Gasteiger partial charge in [0.25, 0.3) is 0 Å². The summed E-state index contributed by atoms with van der Waals surface area (Å²) in [5, 5.41) is 17.0. The topological polar surface area (TPSA) is 97.7 Å². The Morgan fingerprint density at radius 1 is 1.18 bits per heavy atom. The lowest BCUT2D eigenvalue weighted by atomic mass is 10.0. The number of hydrogen-bond acceptors (Lipinski definition) is 9. The van der Waals surface area contributed by atoms with Crippen molar-refractivity contribution in [3.8, 4) is 0 Å². The SMILES string of the molecule is Cc1nnc2ccc(N3CC(N(C)Cc4noc(C5CCOCC5)n4)C3)nn12. The summed E-state index contributed by atoms with van der Waals surface area (Å²) in [6.45, 7) is 5.97. The van der Waals surface area contributed by atoms with Gasteiger partial charge >= 0.3 is 0 Å². The maximum Gasteiger partial charge on any atom is 0.229 e. The first-order valence-electron chi connectivity index (χ1n) is 9.72. The van der Waals surface area contributed by atoms with Gasteiger partial charge in [-0.15, -0.1) is 15.3 Å². The van der Waals surface area contributed by atoms with Crippen LogP contribution in [0.25, 0.3) is 5.65 Å². The molecular weight excluding hydrogens is 360 g/mol. The molecule has 148 valence electrons. The Balaban J connectivity index is 1.18. The molecule has 0 atom stereocenters. The molecule has 0 radical (unpaired) electrons. The summed E-state index contributed by atoms with van der Waals surface area (Å²) in [6.07, 6.45) is 1.91. The van der Waals surface area contributed by atoms with Crippen molar-refractivity contribution < 1.29 is 9.26 Å². The number of hydrogen-bond donors (Lipinski definition) is 0. The van der Waals surface area contributed by atoms with Crippen LogP contribution in [0.1, 0.15) is 36.3 Å². The fourth-order valence-electron chi connectivity index (χ4n) is 3.77. The van der Waals surface area contributed by atoms with Crippen molar-refractivity contribution in [2.24, 2.45) is 0 Å². The van der Waals surface area contributed by atoms with E-state index in [-0.39, 0.29) is 0 Å². The summed E-state index contributed by atoms with van der Waals surface area (Å²) in [7, 11) is 2.10. The van der Waals surface area contributed by atoms with Gasteiger partial charge in [0.05, 0.1) is 6.54 Å². The van der Waals surface area contributed by atoms with Gasteiger partial charge in [0.1, 0.15) is 5.82 Å². The summed E-state index contributed by atoms with van der Waals surface area (Å²) in [5.74, 6) is 3.58. The third-order valence-electron chi connectivity index (χ3n) is 5.66. The normalized spacial score (nSPS) is 18.9. The number of aryl methyl sites for hydroxylation is 1. The summed E-state index contributed by atoms with van der Waals surface area (Å²) in [6, 6.07) is 4.39. The Labute approximate surface area is 162 Å². The van der Waals surface area contributed by atoms with Crippen LogP contribution < -0.4 is 4.90 Å². The Kier molecular flexibility index (Phi) is 4.44. The lowest BCUT2D eigenvalue weighted by molar-refractivity contribution is 0.0778. The first-order chi connectivity index (χ1) is 13.7. The standard InChI is InChI=1S/C18H24N8O2/c1-12-20-21-16-3-4-17(22-26(12)16)25-9-14(10-25)24(2)11-15-19-18(28-23-15)13-5-7-27-8-6-13/h3-4,13-14H,5-11H2,1-2H3. The van der Waals surface area contributed by atoms with Crippen molar-refractivity contribution in [2.75, 3.05) is 38.3 Å². The van der Waals surface area contributed by atoms with Crippen LogP contribution in [-0.4, -0.2) is 74.2 Å². The molecule has 5 heterocycles. The summed E-state index contributed by atoms with van der Waals surface area (Å²) in [5.41, 5.74) is 0.771. The van der Waals surface area contributed by atoms with Gasteiger partial charge in [-0.1, -0.05) is 5.16 Å². The van der Waals surface area contributed by atoms with Crippen LogP contribution in [0.4, 0.5) is 5.82 Å². The summed E-state index contributed by atoms with van der Waals surface area (Å²) >= 11 is 0. The molecule has 0 aliphatic carbocycles. The molecule has 0 amide bonds. The van der Waals surface area contributed by atoms with Crippen molar-refractivity contribution in [1.29, 1.82) is 0 Å². The number of likely N-dealkylation sites (N-methyl/N-ethyl adjacent to an activating group) is 1. The zero-order valence-electron chi connectivity index (χ0n) is 16.2. The van der Waals surface area contributed by atoms with Crippen molar-refractivity contribution >= 4 is 11.5 Å². The van der Waals surface area contributed by atoms with E-state index in [1.807, 2.05) is 19.1 Å². The molecule has 10 nitrogen and oxygen atoms in total. The first kappa shape index (κ1) is 17.5. The van der Waals surface area contributed by atoms with E-state index >= 15 is 0 Å². The molecule has 3 aromatic rings. The molecule has 2 aliphatic rings. The molecule has 0 aromatic carbocycles. The maximum absolute atomic E-state index is 5.49. The lowest BCUT2D eigenvalue weighted by Gasteiger charge is -2.44. The fourth-order valence-corrected chi connectivity index (χ4v) is 3.77. The zero-order valence-corrected chi connectivity index (χ0v) is 16.2. The highest BCUT2D eigenvalue weighted by atomic mass is 16.5. The fraction of sp³-hybridized carbons (Fsp3) is 0.611. The van der Waals surface area contributed by atoms with Gasteiger partial charge in [0, 0.05) is 38.3 Å². The van der Waals surface area contributed by atoms with Crippen molar-refractivity contribution in [2.45, 2.75) is 38.3 Å². The van der Waals surface area contributed by atoms with Gasteiger partial charge in [0.15, 0.2) is 17.3 Å². The van der Waals surface area contributed by atoms with Crippen LogP contribution in [-0.2, 0) is 11.3 Å². The van der Waals surface area contributed by atoms with Gasteiger partial charge in [0.2, 0.25) is 5.89 Å². The van der Waals surface area contributed by atoms with E-state index in [1.165, 1.54) is 0 Å². The van der Waals surface area contributed by atoms with E-state index in [1.54, 1.807) is 4.52 Å². The molecular formula is C18H24N8O2. The van der Waals surface area contributed by atoms with Crippen LogP contribution in [0.3, 0.4) is 0 Å². The predicted octanol–water partition coefficient (Wildman–Crippen LogP) is 1.03. The lowest BCUT2D eigenvalue weighted by Crippen LogP contribution is -2.58. The third kappa shape index (κ3) is 3.22. The molecule has 0 unspecified atom stereocenters. The van der Waals surface area contributed by atoms with Crippen LogP contribution in [0.15, 0.2) is 16.7 Å². The largest absolute Gasteiger partial charge is 0.381 e. The average molecular weight is 384 g/mol. The molecule has 2 saturated heterocycles. The number of rotatable bonds is 5. The van der Waals surface area contributed by atoms with Gasteiger partial charge in [-0.05, 0) is 38.9 Å². The molecule has 0 saturated carbocycles. The van der Waals surface area contributed by atoms with E-state index in [0.29, 0.717) is 18.5 Å². The van der Waals surface area contributed by atoms with Crippen molar-refractivity contribution in [3.63, 3.8) is 0 Å². The van der Waals surface area contributed by atoms with Crippen LogP contribution in [0.2, 0.25) is 0 Å². The highest BCUT2D eigenvalue weighted by Gasteiger charge is 2.32. The van der Waals surface area contributed by atoms with Gasteiger partial charge in [-0.2, -0.15) is 9.50 Å². The van der Waals surface area contributed by atoms with Gasteiger partial charge in [-0.25, -0.2) is 0 Å². The Bertz CT molecular complexity index is 958. The molecule has 0 N–H and O–H groups in total. The Morgan fingerprint density at radius 2 is 2.00 bits per heavy atom. The van der Waals surface area contributed by atoms with Gasteiger partial charge in [-0.3, -0.25) is 4.90 Å². The number of aromatic nitrogens is 6. The van der Waals surface area contributed by atoms with Crippen LogP contribution in [0.5, 0.6) is 0 Å². The third-order valence-corrected chi connectivity index (χ3v) is 5.66. The molecule has 2 aliphatic heterocycles. The second kappa shape index (κ2) is 7.10. The highest BCUT2D eigenvalue weighted by molar-refractivity contribution is 5.47. The quantitative estimate of drug-likeness (QED) is 0.639. The predicted molar refractivity (Wildman–Crippen MR) is 100 cm³/mol. The molecule has 5 rings (SSSR count). The number of anilines is 1. The Hall–Kier alpha value is -2.59. The molecule has 10 heteroatoms. The average Bonchev–Trinajstić information content (AvgIpc) is 3.28. The molecule has 0 spiro atoms. The minimum atomic E-state index is 0.335. The van der Waals surface area contributed by atoms with Crippen molar-refractivity contribution in [3.05, 3.63) is 29.7 Å². The molecule has 0 bridgehead atoms. The number of fused-ring (bicyclic) bond motifs is 1. The monoisotopic (exact) mass is 384 g/mol.